The fraction of sp³-hybridized carbons (Fsp3) is 0.333. The predicted molar refractivity (Wildman–Crippen MR) is 124 cm³/mol. The molecule has 7 nitrogen and oxygen atoms in total. The second-order valence-corrected chi connectivity index (χ2v) is 8.92. The molecule has 8 heteroatoms. The minimum Gasteiger partial charge on any atom is -0.479 e. The molecule has 0 radical (unpaired) electrons. The van der Waals surface area contributed by atoms with Gasteiger partial charge in [0.25, 0.3) is 5.91 Å². The first-order valence-corrected chi connectivity index (χ1v) is 11.4. The van der Waals surface area contributed by atoms with Crippen molar-refractivity contribution in [3.8, 4) is 27.7 Å². The molecule has 0 spiro atoms. The zero-order valence-corrected chi connectivity index (χ0v) is 19.3. The largest absolute Gasteiger partial charge is 0.479 e. The van der Waals surface area contributed by atoms with Gasteiger partial charge in [-0.2, -0.15) is 0 Å². The van der Waals surface area contributed by atoms with Crippen LogP contribution in [0.2, 0.25) is 0 Å². The molecular weight excluding hydrogens is 426 g/mol. The van der Waals surface area contributed by atoms with Crippen LogP contribution in [0.4, 0.5) is 5.69 Å². The SMILES string of the molecule is CCC(C)OC(=O)CN1C(=O)C(C)Oc2ccc(-c3nc(-c4ccccn4)sc3C)cc21. The molecule has 0 saturated heterocycles. The van der Waals surface area contributed by atoms with Crippen molar-refractivity contribution in [2.75, 3.05) is 11.4 Å². The number of aryl methyl sites for hydroxylation is 1. The second-order valence-electron chi connectivity index (χ2n) is 7.71. The summed E-state index contributed by atoms with van der Waals surface area (Å²) < 4.78 is 11.2. The Morgan fingerprint density at radius 2 is 2.12 bits per heavy atom. The van der Waals surface area contributed by atoms with Gasteiger partial charge in [-0.15, -0.1) is 11.3 Å². The molecule has 32 heavy (non-hydrogen) atoms. The van der Waals surface area contributed by atoms with Crippen LogP contribution in [0.25, 0.3) is 22.0 Å². The maximum Gasteiger partial charge on any atom is 0.326 e. The molecule has 1 aromatic carbocycles. The highest BCUT2D eigenvalue weighted by Crippen LogP contribution is 2.39. The molecule has 3 heterocycles. The smallest absolute Gasteiger partial charge is 0.326 e. The first-order valence-electron chi connectivity index (χ1n) is 10.6. The van der Waals surface area contributed by atoms with Crippen LogP contribution in [-0.2, 0) is 14.3 Å². The molecule has 0 N–H and O–H groups in total. The van der Waals surface area contributed by atoms with Crippen LogP contribution in [0.1, 0.15) is 32.1 Å². The Labute approximate surface area is 191 Å². The zero-order valence-electron chi connectivity index (χ0n) is 18.5. The van der Waals surface area contributed by atoms with E-state index in [0.717, 1.165) is 26.8 Å². The van der Waals surface area contributed by atoms with Crippen molar-refractivity contribution in [1.29, 1.82) is 0 Å². The molecular formula is C24H25N3O4S. The number of carbonyl (C=O) groups excluding carboxylic acids is 2. The van der Waals surface area contributed by atoms with Crippen LogP contribution in [0, 0.1) is 6.92 Å². The third kappa shape index (κ3) is 4.36. The number of carbonyl (C=O) groups is 2. The molecule has 2 atom stereocenters. The molecule has 0 aliphatic carbocycles. The Balaban J connectivity index is 1.68. The number of aromatic nitrogens is 2. The quantitative estimate of drug-likeness (QED) is 0.508. The highest BCUT2D eigenvalue weighted by molar-refractivity contribution is 7.15. The van der Waals surface area contributed by atoms with Crippen molar-refractivity contribution in [3.05, 3.63) is 47.5 Å². The molecule has 4 rings (SSSR count). The second kappa shape index (κ2) is 9.08. The van der Waals surface area contributed by atoms with Gasteiger partial charge in [-0.25, -0.2) is 4.98 Å². The van der Waals surface area contributed by atoms with Crippen molar-refractivity contribution in [2.45, 2.75) is 46.3 Å². The van der Waals surface area contributed by atoms with Gasteiger partial charge in [-0.3, -0.25) is 19.5 Å². The number of hydrogen-bond acceptors (Lipinski definition) is 7. The van der Waals surface area contributed by atoms with E-state index in [2.05, 4.69) is 4.98 Å². The third-order valence-corrected chi connectivity index (χ3v) is 6.31. The molecule has 1 aliphatic heterocycles. The molecule has 0 fully saturated rings. The van der Waals surface area contributed by atoms with E-state index < -0.39 is 12.1 Å². The average molecular weight is 452 g/mol. The monoisotopic (exact) mass is 451 g/mol. The number of pyridine rings is 1. The number of ether oxygens (including phenoxy) is 2. The summed E-state index contributed by atoms with van der Waals surface area (Å²) >= 11 is 1.56. The van der Waals surface area contributed by atoms with Gasteiger partial charge in [-0.05, 0) is 57.5 Å². The summed E-state index contributed by atoms with van der Waals surface area (Å²) in [6.45, 7) is 7.29. The number of anilines is 1. The minimum atomic E-state index is -0.679. The van der Waals surface area contributed by atoms with Crippen molar-refractivity contribution in [2.24, 2.45) is 0 Å². The predicted octanol–water partition coefficient (Wildman–Crippen LogP) is 4.64. The fourth-order valence-corrected chi connectivity index (χ4v) is 4.37. The van der Waals surface area contributed by atoms with Crippen LogP contribution in [-0.4, -0.2) is 40.6 Å². The standard InChI is InChI=1S/C24H25N3O4S/c1-5-14(2)30-21(28)13-27-19-12-17(9-10-20(19)31-15(3)24(27)29)22-16(4)32-23(26-22)18-8-6-7-11-25-18/h6-12,14-15H,5,13H2,1-4H3. The number of rotatable bonds is 6. The van der Waals surface area contributed by atoms with Crippen molar-refractivity contribution >= 4 is 28.9 Å². The third-order valence-electron chi connectivity index (χ3n) is 5.32. The van der Waals surface area contributed by atoms with Crippen LogP contribution < -0.4 is 9.64 Å². The average Bonchev–Trinajstić information content (AvgIpc) is 3.18. The van der Waals surface area contributed by atoms with Crippen LogP contribution in [0.5, 0.6) is 5.75 Å². The van der Waals surface area contributed by atoms with Gasteiger partial charge in [0, 0.05) is 16.6 Å². The minimum absolute atomic E-state index is 0.164. The summed E-state index contributed by atoms with van der Waals surface area (Å²) in [6, 6.07) is 11.3. The number of thiazole rings is 1. The summed E-state index contributed by atoms with van der Waals surface area (Å²) in [5.74, 6) is -0.171. The normalized spacial score (nSPS) is 16.3. The molecule has 0 saturated carbocycles. The number of nitrogens with zero attached hydrogens (tertiary/aromatic N) is 3. The van der Waals surface area contributed by atoms with E-state index in [1.807, 2.05) is 57.2 Å². The highest BCUT2D eigenvalue weighted by atomic mass is 32.1. The van der Waals surface area contributed by atoms with Crippen molar-refractivity contribution < 1.29 is 19.1 Å². The van der Waals surface area contributed by atoms with E-state index >= 15 is 0 Å². The first kappa shape index (κ1) is 22.0. The van der Waals surface area contributed by atoms with Gasteiger partial charge >= 0.3 is 5.97 Å². The summed E-state index contributed by atoms with van der Waals surface area (Å²) in [6.07, 6.45) is 1.57. The summed E-state index contributed by atoms with van der Waals surface area (Å²) in [5, 5.41) is 0.825. The van der Waals surface area contributed by atoms with Gasteiger partial charge < -0.3 is 9.47 Å². The highest BCUT2D eigenvalue weighted by Gasteiger charge is 2.34. The number of esters is 1. The van der Waals surface area contributed by atoms with Gasteiger partial charge in [0.1, 0.15) is 17.3 Å². The summed E-state index contributed by atoms with van der Waals surface area (Å²) in [4.78, 5) is 36.9. The van der Waals surface area contributed by atoms with E-state index in [-0.39, 0.29) is 18.6 Å². The number of benzene rings is 1. The Morgan fingerprint density at radius 1 is 1.31 bits per heavy atom. The molecule has 1 aliphatic rings. The van der Waals surface area contributed by atoms with Crippen LogP contribution >= 0.6 is 11.3 Å². The molecule has 3 aromatic rings. The molecule has 2 aromatic heterocycles. The van der Waals surface area contributed by atoms with Crippen LogP contribution in [0.3, 0.4) is 0 Å². The molecule has 166 valence electrons. The Morgan fingerprint density at radius 3 is 2.84 bits per heavy atom. The van der Waals surface area contributed by atoms with Gasteiger partial charge in [0.15, 0.2) is 6.10 Å². The van der Waals surface area contributed by atoms with Crippen molar-refractivity contribution in [1.82, 2.24) is 9.97 Å². The van der Waals surface area contributed by atoms with Crippen molar-refractivity contribution in [3.63, 3.8) is 0 Å². The van der Waals surface area contributed by atoms with Crippen LogP contribution in [0.15, 0.2) is 42.6 Å². The van der Waals surface area contributed by atoms with Gasteiger partial charge in [0.2, 0.25) is 0 Å². The number of amides is 1. The lowest BCUT2D eigenvalue weighted by atomic mass is 10.1. The number of fused-ring (bicyclic) bond motifs is 1. The van der Waals surface area contributed by atoms with Gasteiger partial charge in [-0.1, -0.05) is 13.0 Å². The lowest BCUT2D eigenvalue weighted by molar-refractivity contribution is -0.147. The molecule has 0 bridgehead atoms. The Kier molecular flexibility index (Phi) is 6.23. The first-order chi connectivity index (χ1) is 15.4. The summed E-state index contributed by atoms with van der Waals surface area (Å²) in [7, 11) is 0. The Bertz CT molecular complexity index is 1150. The molecule has 2 unspecified atom stereocenters. The van der Waals surface area contributed by atoms with E-state index in [9.17, 15) is 9.59 Å². The Hall–Kier alpha value is -3.26. The fourth-order valence-electron chi connectivity index (χ4n) is 3.45. The van der Waals surface area contributed by atoms with Gasteiger partial charge in [0.05, 0.1) is 23.2 Å². The number of hydrogen-bond donors (Lipinski definition) is 0. The maximum atomic E-state index is 12.9. The lowest BCUT2D eigenvalue weighted by Gasteiger charge is -2.32. The topological polar surface area (TPSA) is 81.6 Å². The van der Waals surface area contributed by atoms with E-state index in [4.69, 9.17) is 14.5 Å². The summed E-state index contributed by atoms with van der Waals surface area (Å²) in [5.41, 5.74) is 3.00. The lowest BCUT2D eigenvalue weighted by Crippen LogP contribution is -2.47. The maximum absolute atomic E-state index is 12.9. The molecule has 1 amide bonds. The van der Waals surface area contributed by atoms with E-state index in [1.54, 1.807) is 24.5 Å². The zero-order chi connectivity index (χ0) is 22.8. The van der Waals surface area contributed by atoms with E-state index in [0.29, 0.717) is 17.9 Å². The van der Waals surface area contributed by atoms with E-state index in [1.165, 1.54) is 4.90 Å².